The Hall–Kier alpha value is -2.49. The average molecular weight is 420 g/mol. The Morgan fingerprint density at radius 1 is 1.25 bits per heavy atom. The predicted octanol–water partition coefficient (Wildman–Crippen LogP) is 3.26. The molecule has 28 heavy (non-hydrogen) atoms. The Kier molecular flexibility index (Phi) is 5.97. The minimum absolute atomic E-state index is 0.120. The number of amides is 1. The van der Waals surface area contributed by atoms with Gasteiger partial charge in [-0.05, 0) is 67.3 Å². The van der Waals surface area contributed by atoms with Crippen LogP contribution in [0.15, 0.2) is 47.5 Å². The van der Waals surface area contributed by atoms with Crippen molar-refractivity contribution in [1.82, 2.24) is 8.68 Å². The summed E-state index contributed by atoms with van der Waals surface area (Å²) in [6, 6.07) is 10.1. The average Bonchev–Trinajstić information content (AvgIpc) is 3.11. The molecule has 0 aliphatic rings. The van der Waals surface area contributed by atoms with Gasteiger partial charge in [-0.3, -0.25) is 4.79 Å². The molecule has 0 saturated carbocycles. The van der Waals surface area contributed by atoms with Crippen LogP contribution in [0.3, 0.4) is 0 Å². The summed E-state index contributed by atoms with van der Waals surface area (Å²) in [7, 11) is -2.42. The molecule has 148 valence electrons. The zero-order chi connectivity index (χ0) is 20.3. The van der Waals surface area contributed by atoms with Crippen LogP contribution in [0.1, 0.15) is 12.5 Å². The van der Waals surface area contributed by atoms with E-state index in [0.29, 0.717) is 18.0 Å². The van der Waals surface area contributed by atoms with Crippen LogP contribution in [0.25, 0.3) is 10.1 Å². The van der Waals surface area contributed by atoms with Gasteiger partial charge in [0.2, 0.25) is 15.9 Å². The smallest absolute Gasteiger partial charge is 0.243 e. The molecular weight excluding hydrogens is 398 g/mol. The van der Waals surface area contributed by atoms with Crippen molar-refractivity contribution in [2.75, 3.05) is 25.5 Å². The molecule has 0 aliphatic carbocycles. The largest absolute Gasteiger partial charge is 0.494 e. The molecule has 2 aromatic carbocycles. The zero-order valence-electron chi connectivity index (χ0n) is 15.8. The number of carbonyl (C=O) groups is 1. The Bertz CT molecular complexity index is 1110. The number of rotatable bonds is 7. The van der Waals surface area contributed by atoms with Crippen molar-refractivity contribution in [2.45, 2.75) is 18.7 Å². The van der Waals surface area contributed by atoms with Crippen molar-refractivity contribution in [3.05, 3.63) is 48.2 Å². The van der Waals surface area contributed by atoms with Crippen LogP contribution in [0.5, 0.6) is 5.75 Å². The normalized spacial score (nSPS) is 11.7. The van der Waals surface area contributed by atoms with Gasteiger partial charge < -0.3 is 10.1 Å². The first-order chi connectivity index (χ1) is 13.3. The fourth-order valence-electron chi connectivity index (χ4n) is 2.72. The van der Waals surface area contributed by atoms with E-state index in [9.17, 15) is 13.2 Å². The van der Waals surface area contributed by atoms with Gasteiger partial charge in [-0.2, -0.15) is 8.68 Å². The van der Waals surface area contributed by atoms with E-state index in [1.807, 2.05) is 13.0 Å². The third-order valence-corrected chi connectivity index (χ3v) is 6.74. The van der Waals surface area contributed by atoms with Gasteiger partial charge in [0.05, 0.1) is 22.7 Å². The fourth-order valence-corrected chi connectivity index (χ4v) is 4.56. The number of anilines is 1. The van der Waals surface area contributed by atoms with Crippen LogP contribution >= 0.6 is 11.5 Å². The Morgan fingerprint density at radius 3 is 2.75 bits per heavy atom. The summed E-state index contributed by atoms with van der Waals surface area (Å²) in [6.45, 7) is 3.85. The van der Waals surface area contributed by atoms with Crippen molar-refractivity contribution < 1.29 is 17.9 Å². The minimum atomic E-state index is -3.80. The van der Waals surface area contributed by atoms with Gasteiger partial charge in [0.25, 0.3) is 0 Å². The predicted molar refractivity (Wildman–Crippen MR) is 110 cm³/mol. The van der Waals surface area contributed by atoms with E-state index in [0.717, 1.165) is 20.0 Å². The van der Waals surface area contributed by atoms with Crippen molar-refractivity contribution in [3.63, 3.8) is 0 Å². The van der Waals surface area contributed by atoms with Gasteiger partial charge in [0.1, 0.15) is 5.75 Å². The van der Waals surface area contributed by atoms with E-state index in [1.54, 1.807) is 37.4 Å². The van der Waals surface area contributed by atoms with E-state index < -0.39 is 15.9 Å². The lowest BCUT2D eigenvalue weighted by atomic mass is 10.2. The fraction of sp³-hybridized carbons (Fsp3) is 0.263. The van der Waals surface area contributed by atoms with E-state index in [1.165, 1.54) is 24.6 Å². The summed E-state index contributed by atoms with van der Waals surface area (Å²) in [5.41, 5.74) is 1.32. The monoisotopic (exact) mass is 419 g/mol. The molecule has 9 heteroatoms. The molecule has 0 spiro atoms. The summed E-state index contributed by atoms with van der Waals surface area (Å²) in [5, 5.41) is 3.65. The van der Waals surface area contributed by atoms with Gasteiger partial charge in [-0.25, -0.2) is 8.42 Å². The number of nitrogens with zero attached hydrogens (tertiary/aromatic N) is 2. The first kappa shape index (κ1) is 20.2. The molecule has 3 rings (SSSR count). The molecule has 1 N–H and O–H groups in total. The molecule has 1 aromatic heterocycles. The molecule has 0 bridgehead atoms. The lowest BCUT2D eigenvalue weighted by Gasteiger charge is -2.18. The van der Waals surface area contributed by atoms with Crippen molar-refractivity contribution in [2.24, 2.45) is 0 Å². The van der Waals surface area contributed by atoms with E-state index in [2.05, 4.69) is 9.69 Å². The number of hydrogen-bond donors (Lipinski definition) is 1. The molecule has 7 nitrogen and oxygen atoms in total. The molecule has 0 saturated heterocycles. The Morgan fingerprint density at radius 2 is 2.04 bits per heavy atom. The van der Waals surface area contributed by atoms with Gasteiger partial charge in [-0.15, -0.1) is 0 Å². The van der Waals surface area contributed by atoms with E-state index in [4.69, 9.17) is 4.74 Å². The molecule has 3 aromatic rings. The molecular formula is C19H21N3O4S2. The number of ether oxygens (including phenoxy) is 1. The molecule has 0 unspecified atom stereocenters. The third-order valence-electron chi connectivity index (χ3n) is 4.16. The number of aromatic nitrogens is 1. The highest BCUT2D eigenvalue weighted by Gasteiger charge is 2.23. The maximum absolute atomic E-state index is 12.8. The summed E-state index contributed by atoms with van der Waals surface area (Å²) < 4.78 is 37.1. The Labute approximate surface area is 168 Å². The molecule has 1 heterocycles. The molecule has 0 aliphatic heterocycles. The summed E-state index contributed by atoms with van der Waals surface area (Å²) in [4.78, 5) is 12.5. The molecule has 0 atom stereocenters. The number of likely N-dealkylation sites (N-methyl/N-ethyl adjacent to an activating group) is 1. The summed E-state index contributed by atoms with van der Waals surface area (Å²) in [6.07, 6.45) is 1.72. The highest BCUT2D eigenvalue weighted by molar-refractivity contribution is 7.89. The second-order valence-electron chi connectivity index (χ2n) is 6.25. The highest BCUT2D eigenvalue weighted by Crippen LogP contribution is 2.24. The maximum Gasteiger partial charge on any atom is 0.243 e. The van der Waals surface area contributed by atoms with Crippen molar-refractivity contribution in [3.8, 4) is 5.75 Å². The van der Waals surface area contributed by atoms with Crippen molar-refractivity contribution in [1.29, 1.82) is 0 Å². The second-order valence-corrected chi connectivity index (χ2v) is 9.13. The number of sulfonamides is 1. The minimum Gasteiger partial charge on any atom is -0.494 e. The molecule has 0 fully saturated rings. The standard InChI is InChI=1S/C19H21N3O4S2/c1-4-26-17-7-6-16(9-13(17)2)28(24,25)22(3)12-19(23)21-15-5-8-18-14(10-15)11-20-27-18/h5-11H,4,12H2,1-3H3,(H,21,23). The number of fused-ring (bicyclic) bond motifs is 1. The van der Waals surface area contributed by atoms with Crippen LogP contribution < -0.4 is 10.1 Å². The van der Waals surface area contributed by atoms with Gasteiger partial charge >= 0.3 is 0 Å². The van der Waals surface area contributed by atoms with Crippen LogP contribution in [-0.2, 0) is 14.8 Å². The van der Waals surface area contributed by atoms with Crippen molar-refractivity contribution >= 4 is 43.2 Å². The van der Waals surface area contributed by atoms with E-state index in [-0.39, 0.29) is 11.4 Å². The number of benzene rings is 2. The number of nitrogens with one attached hydrogen (secondary N) is 1. The lowest BCUT2D eigenvalue weighted by Crippen LogP contribution is -2.35. The topological polar surface area (TPSA) is 88.6 Å². The number of hydrogen-bond acceptors (Lipinski definition) is 6. The van der Waals surface area contributed by atoms with Crippen LogP contribution in [0.4, 0.5) is 5.69 Å². The maximum atomic E-state index is 12.8. The second kappa shape index (κ2) is 8.26. The zero-order valence-corrected chi connectivity index (χ0v) is 17.4. The quantitative estimate of drug-likeness (QED) is 0.635. The van der Waals surface area contributed by atoms with Crippen LogP contribution in [0.2, 0.25) is 0 Å². The van der Waals surface area contributed by atoms with Gasteiger partial charge in [-0.1, -0.05) is 0 Å². The lowest BCUT2D eigenvalue weighted by molar-refractivity contribution is -0.116. The number of aryl methyl sites for hydroxylation is 1. The van der Waals surface area contributed by atoms with Crippen LogP contribution in [-0.4, -0.2) is 43.2 Å². The first-order valence-corrected chi connectivity index (χ1v) is 10.9. The first-order valence-electron chi connectivity index (χ1n) is 8.65. The van der Waals surface area contributed by atoms with Crippen LogP contribution in [0, 0.1) is 6.92 Å². The third kappa shape index (κ3) is 4.32. The van der Waals surface area contributed by atoms with E-state index >= 15 is 0 Å². The summed E-state index contributed by atoms with van der Waals surface area (Å²) >= 11 is 1.37. The Balaban J connectivity index is 1.70. The van der Waals surface area contributed by atoms with Gasteiger partial charge in [0, 0.05) is 24.3 Å². The van der Waals surface area contributed by atoms with Gasteiger partial charge in [0.15, 0.2) is 0 Å². The summed E-state index contributed by atoms with van der Waals surface area (Å²) in [5.74, 6) is 0.219. The SMILES string of the molecule is CCOc1ccc(S(=O)(=O)N(C)CC(=O)Nc2ccc3sncc3c2)cc1C. The number of carbonyl (C=O) groups excluding carboxylic acids is 1. The highest BCUT2D eigenvalue weighted by atomic mass is 32.2. The molecule has 1 amide bonds. The molecule has 0 radical (unpaired) electrons.